The predicted octanol–water partition coefficient (Wildman–Crippen LogP) is -0.740. The third-order valence-electron chi connectivity index (χ3n) is 4.34. The van der Waals surface area contributed by atoms with Gasteiger partial charge in [0.15, 0.2) is 12.4 Å². The maximum Gasteiger partial charge on any atom is 1.00 e. The first kappa shape index (κ1) is 25.3. The van der Waals surface area contributed by atoms with Gasteiger partial charge in [-0.15, -0.1) is 0 Å². The molecule has 23 heavy (non-hydrogen) atoms. The van der Waals surface area contributed by atoms with Crippen LogP contribution in [-0.2, 0) is 4.79 Å². The van der Waals surface area contributed by atoms with Gasteiger partial charge in [-0.2, -0.15) is 0 Å². The number of rotatable bonds is 12. The molecule has 1 unspecified atom stereocenters. The van der Waals surface area contributed by atoms with E-state index in [1.54, 1.807) is 0 Å². The van der Waals surface area contributed by atoms with E-state index in [4.69, 9.17) is 5.11 Å². The number of hydrogen-bond acceptors (Lipinski definition) is 4. The van der Waals surface area contributed by atoms with E-state index in [-0.39, 0.29) is 48.2 Å². The number of carboxylic acids is 1. The predicted molar refractivity (Wildman–Crippen MR) is 86.4 cm³/mol. The summed E-state index contributed by atoms with van der Waals surface area (Å²) < 4.78 is 0.363. The molecule has 7 heteroatoms. The van der Waals surface area contributed by atoms with Crippen molar-refractivity contribution in [2.24, 2.45) is 4.99 Å². The number of aliphatic carboxylic acids is 1. The summed E-state index contributed by atoms with van der Waals surface area (Å²) in [5, 5.41) is 18.4. The van der Waals surface area contributed by atoms with Crippen molar-refractivity contribution in [3.05, 3.63) is 0 Å². The van der Waals surface area contributed by atoms with Crippen molar-refractivity contribution in [3.8, 4) is 0 Å². The topological polar surface area (TPSA) is 99.9 Å². The Balaban J connectivity index is 0. The van der Waals surface area contributed by atoms with E-state index >= 15 is 0 Å². The van der Waals surface area contributed by atoms with Gasteiger partial charge in [-0.3, -0.25) is 4.48 Å². The number of nitrogens with zero attached hydrogens (tertiary/aromatic N) is 2. The fourth-order valence-electron chi connectivity index (χ4n) is 3.15. The van der Waals surface area contributed by atoms with Crippen molar-refractivity contribution in [3.63, 3.8) is 0 Å². The van der Waals surface area contributed by atoms with E-state index in [1.807, 2.05) is 0 Å². The number of aliphatic imine (C=N–C) groups is 1. The Bertz CT molecular complexity index is 353. The number of unbranched alkanes of at least 4 members (excludes halogenated alkanes) is 6. The zero-order valence-electron chi connectivity index (χ0n) is 14.8. The van der Waals surface area contributed by atoms with Crippen molar-refractivity contribution in [2.45, 2.75) is 58.3 Å². The minimum absolute atomic E-state index is 0. The SMILES string of the molecule is CCCCCCCCCC1=NCC[N+]1(CCO)CC(=O)O.[Na+].[OH-]. The first-order chi connectivity index (χ1) is 10.1. The van der Waals surface area contributed by atoms with Crippen molar-refractivity contribution in [2.75, 3.05) is 32.8 Å². The average Bonchev–Trinajstić information content (AvgIpc) is 2.80. The smallest absolute Gasteiger partial charge is 0.870 e. The van der Waals surface area contributed by atoms with Crippen LogP contribution in [0.2, 0.25) is 0 Å². The van der Waals surface area contributed by atoms with Gasteiger partial charge in [-0.1, -0.05) is 45.4 Å². The molecule has 0 amide bonds. The summed E-state index contributed by atoms with van der Waals surface area (Å²) in [6.07, 6.45) is 9.61. The molecule has 3 N–H and O–H groups in total. The number of carbonyl (C=O) groups is 1. The summed E-state index contributed by atoms with van der Waals surface area (Å²) in [4.78, 5) is 15.6. The summed E-state index contributed by atoms with van der Waals surface area (Å²) >= 11 is 0. The molecule has 130 valence electrons. The molecular weight excluding hydrogens is 307 g/mol. The Morgan fingerprint density at radius 2 is 1.78 bits per heavy atom. The third kappa shape index (κ3) is 9.17. The van der Waals surface area contributed by atoms with Crippen LogP contribution in [0.3, 0.4) is 0 Å². The van der Waals surface area contributed by atoms with E-state index in [1.165, 1.54) is 38.5 Å². The largest absolute Gasteiger partial charge is 1.00 e. The second-order valence-electron chi connectivity index (χ2n) is 6.04. The van der Waals surface area contributed by atoms with Gasteiger partial charge < -0.3 is 15.7 Å². The average molecular weight is 339 g/mol. The number of quaternary nitrogens is 1. The molecule has 0 saturated heterocycles. The molecular formula is C16H32N2NaO4+. The molecule has 1 aliphatic heterocycles. The first-order valence-corrected chi connectivity index (χ1v) is 8.37. The molecule has 0 spiro atoms. The van der Waals surface area contributed by atoms with Gasteiger partial charge in [0.2, 0.25) is 0 Å². The minimum Gasteiger partial charge on any atom is -0.870 e. The maximum atomic E-state index is 11.1. The molecule has 0 aromatic rings. The Kier molecular flexibility index (Phi) is 15.8. The summed E-state index contributed by atoms with van der Waals surface area (Å²) in [7, 11) is 0. The van der Waals surface area contributed by atoms with Crippen LogP contribution in [0.5, 0.6) is 0 Å². The normalized spacial score (nSPS) is 19.7. The monoisotopic (exact) mass is 339 g/mol. The van der Waals surface area contributed by atoms with Crippen LogP contribution in [0.1, 0.15) is 58.3 Å². The van der Waals surface area contributed by atoms with Gasteiger partial charge in [0, 0.05) is 6.42 Å². The van der Waals surface area contributed by atoms with Crippen molar-refractivity contribution in [1.82, 2.24) is 0 Å². The van der Waals surface area contributed by atoms with Gasteiger partial charge in [0.25, 0.3) is 0 Å². The molecule has 0 aromatic heterocycles. The second-order valence-corrected chi connectivity index (χ2v) is 6.04. The van der Waals surface area contributed by atoms with Gasteiger partial charge >= 0.3 is 35.5 Å². The number of aliphatic hydroxyl groups excluding tert-OH is 1. The van der Waals surface area contributed by atoms with E-state index < -0.39 is 5.97 Å². The summed E-state index contributed by atoms with van der Waals surface area (Å²) in [5.41, 5.74) is 0. The minimum atomic E-state index is -0.808. The maximum absolute atomic E-state index is 11.1. The first-order valence-electron chi connectivity index (χ1n) is 8.37. The Morgan fingerprint density at radius 3 is 2.35 bits per heavy atom. The molecule has 0 bridgehead atoms. The van der Waals surface area contributed by atoms with Crippen LogP contribution in [0.15, 0.2) is 4.99 Å². The van der Waals surface area contributed by atoms with Crippen molar-refractivity contribution >= 4 is 11.8 Å². The molecule has 1 atom stereocenters. The van der Waals surface area contributed by atoms with Crippen LogP contribution in [-0.4, -0.2) is 64.8 Å². The van der Waals surface area contributed by atoms with E-state index in [9.17, 15) is 9.90 Å². The molecule has 0 saturated carbocycles. The second kappa shape index (κ2) is 14.4. The molecule has 0 fully saturated rings. The number of aliphatic hydroxyl groups is 1. The van der Waals surface area contributed by atoms with E-state index in [0.29, 0.717) is 17.6 Å². The molecule has 6 nitrogen and oxygen atoms in total. The van der Waals surface area contributed by atoms with Crippen LogP contribution in [0.4, 0.5) is 0 Å². The number of hydrogen-bond donors (Lipinski definition) is 2. The molecule has 1 aliphatic rings. The number of carboxylic acid groups (broad SMARTS) is 1. The van der Waals surface area contributed by atoms with Crippen molar-refractivity contribution in [1.29, 1.82) is 0 Å². The molecule has 1 heterocycles. The van der Waals surface area contributed by atoms with E-state index in [2.05, 4.69) is 11.9 Å². The number of amidine groups is 1. The third-order valence-corrected chi connectivity index (χ3v) is 4.34. The zero-order valence-corrected chi connectivity index (χ0v) is 16.8. The molecule has 1 rings (SSSR count). The molecule has 0 aliphatic carbocycles. The van der Waals surface area contributed by atoms with Gasteiger partial charge in [0.05, 0.1) is 13.2 Å². The van der Waals surface area contributed by atoms with Crippen LogP contribution in [0.25, 0.3) is 0 Å². The summed E-state index contributed by atoms with van der Waals surface area (Å²) in [5.74, 6) is 0.178. The Labute approximate surface area is 162 Å². The summed E-state index contributed by atoms with van der Waals surface area (Å²) in [6, 6.07) is 0. The van der Waals surface area contributed by atoms with Crippen molar-refractivity contribution < 1.29 is 54.5 Å². The fourth-order valence-corrected chi connectivity index (χ4v) is 3.15. The Hall–Kier alpha value is 0.0200. The van der Waals surface area contributed by atoms with Gasteiger partial charge in [-0.25, -0.2) is 9.79 Å². The standard InChI is InChI=1S/C16H30N2O3.Na.H2O/c1-2-3-4-5-6-7-8-9-15-17-10-11-18(15,12-13-19)14-16(20)21;;/h19H,2-14H2,1H3;;1H2/q;+1;. The quantitative estimate of drug-likeness (QED) is 0.278. The van der Waals surface area contributed by atoms with Gasteiger partial charge in [0.1, 0.15) is 13.1 Å². The van der Waals surface area contributed by atoms with Crippen LogP contribution in [0, 0.1) is 0 Å². The molecule has 0 radical (unpaired) electrons. The molecule has 0 aromatic carbocycles. The van der Waals surface area contributed by atoms with Crippen LogP contribution < -0.4 is 29.6 Å². The van der Waals surface area contributed by atoms with Gasteiger partial charge in [-0.05, 0) is 6.42 Å². The Morgan fingerprint density at radius 1 is 1.17 bits per heavy atom. The van der Waals surface area contributed by atoms with E-state index in [0.717, 1.165) is 25.2 Å². The zero-order chi connectivity index (χ0) is 15.6. The summed E-state index contributed by atoms with van der Waals surface area (Å²) in [6.45, 7) is 4.18. The van der Waals surface area contributed by atoms with Crippen LogP contribution >= 0.6 is 0 Å². The fraction of sp³-hybridized carbons (Fsp3) is 0.875.